The van der Waals surface area contributed by atoms with Gasteiger partial charge >= 0.3 is 0 Å². The molecule has 0 aliphatic rings. The van der Waals surface area contributed by atoms with E-state index in [1.54, 1.807) is 12.1 Å². The number of benzene rings is 1. The minimum atomic E-state index is 0.389. The average molecular weight is 176 g/mol. The summed E-state index contributed by atoms with van der Waals surface area (Å²) < 4.78 is 0. The van der Waals surface area contributed by atoms with Crippen molar-refractivity contribution in [2.45, 2.75) is 26.2 Å². The molecule has 1 aromatic rings. The van der Waals surface area contributed by atoms with Crippen LogP contribution in [0.4, 0.5) is 0 Å². The van der Waals surface area contributed by atoms with Gasteiger partial charge in [-0.3, -0.25) is 0 Å². The molecule has 1 rings (SSSR count). The third-order valence-corrected chi connectivity index (χ3v) is 2.43. The number of rotatable bonds is 3. The Morgan fingerprint density at radius 3 is 2.77 bits per heavy atom. The molecule has 0 amide bonds. The maximum Gasteiger partial charge on any atom is 0.119 e. The molecule has 1 heteroatoms. The van der Waals surface area contributed by atoms with Crippen molar-refractivity contribution in [2.24, 2.45) is 0 Å². The number of aromatic hydroxyl groups is 1. The first-order valence-electron chi connectivity index (χ1n) is 4.64. The van der Waals surface area contributed by atoms with Crippen LogP contribution in [-0.4, -0.2) is 5.11 Å². The molecule has 0 bridgehead atoms. The molecule has 0 aliphatic carbocycles. The van der Waals surface area contributed by atoms with E-state index in [0.717, 1.165) is 17.5 Å². The molecule has 0 saturated carbocycles. The van der Waals surface area contributed by atoms with E-state index in [2.05, 4.69) is 20.4 Å². The second-order valence-electron chi connectivity index (χ2n) is 3.33. The fourth-order valence-corrected chi connectivity index (χ4v) is 1.31. The highest BCUT2D eigenvalue weighted by molar-refractivity contribution is 5.52. The first-order valence-corrected chi connectivity index (χ1v) is 4.64. The van der Waals surface area contributed by atoms with E-state index in [0.29, 0.717) is 11.7 Å². The third kappa shape index (κ3) is 2.11. The molecule has 0 aliphatic heterocycles. The van der Waals surface area contributed by atoms with Crippen molar-refractivity contribution in [3.05, 3.63) is 35.9 Å². The lowest BCUT2D eigenvalue weighted by Gasteiger charge is -2.11. The SMILES string of the molecule is C=Cc1ccc(O)c(C(C)CC)c1. The fraction of sp³-hybridized carbons (Fsp3) is 0.333. The van der Waals surface area contributed by atoms with Gasteiger partial charge in [0.2, 0.25) is 0 Å². The van der Waals surface area contributed by atoms with Crippen molar-refractivity contribution in [3.63, 3.8) is 0 Å². The van der Waals surface area contributed by atoms with Crippen LogP contribution in [0, 0.1) is 0 Å². The normalized spacial score (nSPS) is 12.5. The molecule has 70 valence electrons. The Morgan fingerprint density at radius 2 is 2.23 bits per heavy atom. The molecule has 1 unspecified atom stereocenters. The van der Waals surface area contributed by atoms with Crippen LogP contribution < -0.4 is 0 Å². The topological polar surface area (TPSA) is 20.2 Å². The highest BCUT2D eigenvalue weighted by Crippen LogP contribution is 2.28. The molecule has 1 aromatic carbocycles. The minimum absolute atomic E-state index is 0.389. The molecule has 1 N–H and O–H groups in total. The standard InChI is InChI=1S/C12H16O/c1-4-9(3)11-8-10(5-2)6-7-12(11)13/h5-9,13H,2,4H2,1,3H3. The zero-order chi connectivity index (χ0) is 9.84. The van der Waals surface area contributed by atoms with Gasteiger partial charge in [0, 0.05) is 0 Å². The quantitative estimate of drug-likeness (QED) is 0.746. The smallest absolute Gasteiger partial charge is 0.119 e. The molecule has 0 heterocycles. The van der Waals surface area contributed by atoms with Crippen molar-refractivity contribution in [1.29, 1.82) is 0 Å². The number of phenols is 1. The van der Waals surface area contributed by atoms with Crippen molar-refractivity contribution in [1.82, 2.24) is 0 Å². The summed E-state index contributed by atoms with van der Waals surface area (Å²) in [5.41, 5.74) is 2.08. The summed E-state index contributed by atoms with van der Waals surface area (Å²) in [5, 5.41) is 9.60. The van der Waals surface area contributed by atoms with Crippen LogP contribution in [0.3, 0.4) is 0 Å². The highest BCUT2D eigenvalue weighted by atomic mass is 16.3. The molecule has 0 radical (unpaired) electrons. The summed E-state index contributed by atoms with van der Waals surface area (Å²) in [5.74, 6) is 0.792. The Bertz CT molecular complexity index is 302. The third-order valence-electron chi connectivity index (χ3n) is 2.43. The molecule has 13 heavy (non-hydrogen) atoms. The van der Waals surface area contributed by atoms with Gasteiger partial charge in [-0.1, -0.05) is 32.6 Å². The van der Waals surface area contributed by atoms with E-state index in [-0.39, 0.29) is 0 Å². The fourth-order valence-electron chi connectivity index (χ4n) is 1.31. The summed E-state index contributed by atoms with van der Waals surface area (Å²) in [6.45, 7) is 7.93. The Hall–Kier alpha value is -1.24. The second kappa shape index (κ2) is 4.13. The van der Waals surface area contributed by atoms with Gasteiger partial charge in [-0.25, -0.2) is 0 Å². The molecule has 1 nitrogen and oxygen atoms in total. The van der Waals surface area contributed by atoms with Crippen LogP contribution >= 0.6 is 0 Å². The molecule has 0 aromatic heterocycles. The summed E-state index contributed by atoms with van der Waals surface area (Å²) in [7, 11) is 0. The molecule has 0 spiro atoms. The lowest BCUT2D eigenvalue weighted by atomic mass is 9.96. The lowest BCUT2D eigenvalue weighted by Crippen LogP contribution is -1.92. The van der Waals surface area contributed by atoms with Crippen LogP contribution in [-0.2, 0) is 0 Å². The van der Waals surface area contributed by atoms with Gasteiger partial charge < -0.3 is 5.11 Å². The largest absolute Gasteiger partial charge is 0.508 e. The van der Waals surface area contributed by atoms with E-state index in [9.17, 15) is 5.11 Å². The minimum Gasteiger partial charge on any atom is -0.508 e. The summed E-state index contributed by atoms with van der Waals surface area (Å²) in [6.07, 6.45) is 2.83. The second-order valence-corrected chi connectivity index (χ2v) is 3.33. The van der Waals surface area contributed by atoms with Gasteiger partial charge in [-0.05, 0) is 35.6 Å². The zero-order valence-corrected chi connectivity index (χ0v) is 8.25. The first kappa shape index (κ1) is 9.85. The molecule has 0 fully saturated rings. The molecular formula is C12H16O. The van der Waals surface area contributed by atoms with Crippen LogP contribution in [0.1, 0.15) is 37.3 Å². The van der Waals surface area contributed by atoms with E-state index in [1.165, 1.54) is 0 Å². The predicted molar refractivity (Wildman–Crippen MR) is 56.9 cm³/mol. The van der Waals surface area contributed by atoms with E-state index >= 15 is 0 Å². The van der Waals surface area contributed by atoms with Crippen molar-refractivity contribution in [2.75, 3.05) is 0 Å². The van der Waals surface area contributed by atoms with Gasteiger partial charge in [-0.2, -0.15) is 0 Å². The van der Waals surface area contributed by atoms with E-state index < -0.39 is 0 Å². The molecular weight excluding hydrogens is 160 g/mol. The predicted octanol–water partition coefficient (Wildman–Crippen LogP) is 3.55. The van der Waals surface area contributed by atoms with E-state index in [4.69, 9.17) is 0 Å². The molecule has 1 atom stereocenters. The molecule has 0 saturated heterocycles. The van der Waals surface area contributed by atoms with Crippen LogP contribution in [0.5, 0.6) is 5.75 Å². The van der Waals surface area contributed by atoms with Crippen LogP contribution in [0.2, 0.25) is 0 Å². The van der Waals surface area contributed by atoms with Crippen molar-refractivity contribution < 1.29 is 5.11 Å². The average Bonchev–Trinajstić information content (AvgIpc) is 2.17. The van der Waals surface area contributed by atoms with Crippen molar-refractivity contribution in [3.8, 4) is 5.75 Å². The Morgan fingerprint density at radius 1 is 1.54 bits per heavy atom. The Kier molecular flexibility index (Phi) is 3.13. The Balaban J connectivity index is 3.10. The number of phenolic OH excluding ortho intramolecular Hbond substituents is 1. The van der Waals surface area contributed by atoms with Gasteiger partial charge in [0.15, 0.2) is 0 Å². The van der Waals surface area contributed by atoms with E-state index in [1.807, 2.05) is 12.1 Å². The van der Waals surface area contributed by atoms with Gasteiger partial charge in [-0.15, -0.1) is 0 Å². The van der Waals surface area contributed by atoms with Crippen molar-refractivity contribution >= 4 is 6.08 Å². The summed E-state index contributed by atoms with van der Waals surface area (Å²) >= 11 is 0. The van der Waals surface area contributed by atoms with Gasteiger partial charge in [0.05, 0.1) is 0 Å². The summed E-state index contributed by atoms with van der Waals surface area (Å²) in [4.78, 5) is 0. The number of hydrogen-bond donors (Lipinski definition) is 1. The maximum absolute atomic E-state index is 9.60. The zero-order valence-electron chi connectivity index (χ0n) is 8.25. The summed E-state index contributed by atoms with van der Waals surface area (Å²) in [6, 6.07) is 5.60. The highest BCUT2D eigenvalue weighted by Gasteiger charge is 2.07. The van der Waals surface area contributed by atoms with Crippen LogP contribution in [0.15, 0.2) is 24.8 Å². The first-order chi connectivity index (χ1) is 6.19. The lowest BCUT2D eigenvalue weighted by molar-refractivity contribution is 0.462. The van der Waals surface area contributed by atoms with Gasteiger partial charge in [0.1, 0.15) is 5.75 Å². The Labute approximate surface area is 79.7 Å². The van der Waals surface area contributed by atoms with Gasteiger partial charge in [0.25, 0.3) is 0 Å². The van der Waals surface area contributed by atoms with Crippen LogP contribution in [0.25, 0.3) is 6.08 Å². The number of hydrogen-bond acceptors (Lipinski definition) is 1. The monoisotopic (exact) mass is 176 g/mol. The maximum atomic E-state index is 9.60.